The number of hydrogen-bond donors (Lipinski definition) is 0. The molecule has 2 atom stereocenters. The van der Waals surface area contributed by atoms with Crippen LogP contribution in [0.3, 0.4) is 0 Å². The van der Waals surface area contributed by atoms with Crippen molar-refractivity contribution >= 4 is 34.4 Å². The van der Waals surface area contributed by atoms with E-state index in [-0.39, 0.29) is 5.41 Å². The van der Waals surface area contributed by atoms with Gasteiger partial charge in [-0.3, -0.25) is 0 Å². The maximum Gasteiger partial charge on any atom is 0.0825 e. The highest BCUT2D eigenvalue weighted by atomic mass is 32.1. The summed E-state index contributed by atoms with van der Waals surface area (Å²) in [6.45, 7) is 11.4. The molecule has 3 aliphatic rings. The Hall–Kier alpha value is -0.300. The van der Waals surface area contributed by atoms with Gasteiger partial charge in [-0.05, 0) is 5.41 Å². The molecule has 3 fully saturated rings. The monoisotopic (exact) mass is 328 g/mol. The van der Waals surface area contributed by atoms with Crippen LogP contribution in [0.25, 0.3) is 0 Å². The third kappa shape index (κ3) is 2.96. The Bertz CT molecular complexity index is 391. The molecule has 0 aromatic carbocycles. The minimum Gasteiger partial charge on any atom is -0.378 e. The summed E-state index contributed by atoms with van der Waals surface area (Å²) in [5.41, 5.74) is 0.185. The van der Waals surface area contributed by atoms with Gasteiger partial charge in [-0.25, -0.2) is 0 Å². The van der Waals surface area contributed by atoms with Gasteiger partial charge in [-0.2, -0.15) is 0 Å². The molecular weight excluding hydrogens is 304 g/mol. The van der Waals surface area contributed by atoms with Crippen LogP contribution in [0.2, 0.25) is 0 Å². The summed E-state index contributed by atoms with van der Waals surface area (Å²) >= 11 is 11.5. The van der Waals surface area contributed by atoms with Gasteiger partial charge >= 0.3 is 0 Å². The van der Waals surface area contributed by atoms with Gasteiger partial charge in [0, 0.05) is 38.0 Å². The lowest BCUT2D eigenvalue weighted by atomic mass is 10.1. The number of thiocarbonyl (C=S) groups is 2. The minimum atomic E-state index is 0.185. The Morgan fingerprint density at radius 3 is 1.48 bits per heavy atom. The first-order chi connectivity index (χ1) is 10.0. The average molecular weight is 329 g/mol. The van der Waals surface area contributed by atoms with Gasteiger partial charge < -0.3 is 19.3 Å². The van der Waals surface area contributed by atoms with Crippen LogP contribution in [0.1, 0.15) is 13.8 Å². The lowest BCUT2D eigenvalue weighted by Gasteiger charge is -2.31. The zero-order chi connectivity index (χ0) is 15.0. The van der Waals surface area contributed by atoms with E-state index in [1.165, 1.54) is 0 Å². The molecule has 4 nitrogen and oxygen atoms in total. The van der Waals surface area contributed by atoms with E-state index in [2.05, 4.69) is 23.6 Å². The summed E-state index contributed by atoms with van der Waals surface area (Å²) in [4.78, 5) is 6.80. The van der Waals surface area contributed by atoms with Crippen molar-refractivity contribution in [2.24, 2.45) is 17.3 Å². The molecule has 2 aliphatic heterocycles. The molecule has 2 heterocycles. The summed E-state index contributed by atoms with van der Waals surface area (Å²) in [6, 6.07) is 0. The van der Waals surface area contributed by atoms with Gasteiger partial charge in [0.1, 0.15) is 0 Å². The third-order valence-corrected chi connectivity index (χ3v) is 6.03. The van der Waals surface area contributed by atoms with Crippen LogP contribution in [0, 0.1) is 17.3 Å². The van der Waals surface area contributed by atoms with E-state index >= 15 is 0 Å². The molecule has 2 saturated heterocycles. The molecule has 0 aromatic heterocycles. The Morgan fingerprint density at radius 1 is 0.810 bits per heavy atom. The first kappa shape index (κ1) is 15.6. The summed E-state index contributed by atoms with van der Waals surface area (Å²) in [6.07, 6.45) is 0. The van der Waals surface area contributed by atoms with Crippen LogP contribution < -0.4 is 0 Å². The van der Waals surface area contributed by atoms with Crippen molar-refractivity contribution in [2.75, 3.05) is 52.6 Å². The molecule has 0 N–H and O–H groups in total. The SMILES string of the molecule is CC1(C)[C@H](C(=S)N2CCOCC2)[C@H]1C(=S)N1CCOCC1. The van der Waals surface area contributed by atoms with Gasteiger partial charge in [0.15, 0.2) is 0 Å². The van der Waals surface area contributed by atoms with Crippen molar-refractivity contribution in [3.05, 3.63) is 0 Å². The van der Waals surface area contributed by atoms with Crippen LogP contribution in [0.5, 0.6) is 0 Å². The molecule has 0 radical (unpaired) electrons. The Labute approximate surface area is 137 Å². The molecule has 3 rings (SSSR count). The molecule has 0 spiro atoms. The second-order valence-corrected chi connectivity index (χ2v) is 7.49. The van der Waals surface area contributed by atoms with Crippen molar-refractivity contribution < 1.29 is 9.47 Å². The summed E-state index contributed by atoms with van der Waals surface area (Å²) in [7, 11) is 0. The van der Waals surface area contributed by atoms with Crippen LogP contribution >= 0.6 is 24.4 Å². The quantitative estimate of drug-likeness (QED) is 0.714. The van der Waals surface area contributed by atoms with Gasteiger partial charge in [0.25, 0.3) is 0 Å². The van der Waals surface area contributed by atoms with E-state index < -0.39 is 0 Å². The van der Waals surface area contributed by atoms with Crippen molar-refractivity contribution in [1.29, 1.82) is 0 Å². The largest absolute Gasteiger partial charge is 0.378 e. The second kappa shape index (κ2) is 6.07. The fourth-order valence-electron chi connectivity index (χ4n) is 3.52. The van der Waals surface area contributed by atoms with Crippen molar-refractivity contribution in [2.45, 2.75) is 13.8 Å². The van der Waals surface area contributed by atoms with E-state index in [1.54, 1.807) is 0 Å². The van der Waals surface area contributed by atoms with Crippen molar-refractivity contribution in [3.8, 4) is 0 Å². The van der Waals surface area contributed by atoms with Crippen LogP contribution in [-0.4, -0.2) is 72.4 Å². The predicted octanol–water partition coefficient (Wildman–Crippen LogP) is 1.58. The zero-order valence-electron chi connectivity index (χ0n) is 12.8. The molecule has 1 saturated carbocycles. The Kier molecular flexibility index (Phi) is 4.50. The summed E-state index contributed by atoms with van der Waals surface area (Å²) in [5.74, 6) is 0.807. The molecule has 1 aliphatic carbocycles. The fraction of sp³-hybridized carbons (Fsp3) is 0.867. The normalized spacial score (nSPS) is 31.9. The minimum absolute atomic E-state index is 0.185. The van der Waals surface area contributed by atoms with E-state index in [0.717, 1.165) is 62.6 Å². The summed E-state index contributed by atoms with van der Waals surface area (Å²) < 4.78 is 10.8. The van der Waals surface area contributed by atoms with Gasteiger partial charge in [-0.15, -0.1) is 0 Å². The van der Waals surface area contributed by atoms with E-state index in [1.807, 2.05) is 0 Å². The topological polar surface area (TPSA) is 24.9 Å². The van der Waals surface area contributed by atoms with E-state index in [0.29, 0.717) is 11.8 Å². The number of hydrogen-bond acceptors (Lipinski definition) is 4. The lowest BCUT2D eigenvalue weighted by molar-refractivity contribution is 0.0669. The number of nitrogens with zero attached hydrogens (tertiary/aromatic N) is 2. The second-order valence-electron chi connectivity index (χ2n) is 6.65. The van der Waals surface area contributed by atoms with E-state index in [4.69, 9.17) is 33.9 Å². The number of rotatable bonds is 2. The first-order valence-electron chi connectivity index (χ1n) is 7.76. The fourth-order valence-corrected chi connectivity index (χ4v) is 4.77. The molecule has 21 heavy (non-hydrogen) atoms. The maximum atomic E-state index is 5.77. The predicted molar refractivity (Wildman–Crippen MR) is 90.7 cm³/mol. The zero-order valence-corrected chi connectivity index (χ0v) is 14.5. The first-order valence-corrected chi connectivity index (χ1v) is 8.58. The van der Waals surface area contributed by atoms with Crippen molar-refractivity contribution in [1.82, 2.24) is 9.80 Å². The highest BCUT2D eigenvalue weighted by Gasteiger charge is 2.63. The smallest absolute Gasteiger partial charge is 0.0825 e. The van der Waals surface area contributed by atoms with Gasteiger partial charge in [0.2, 0.25) is 0 Å². The average Bonchev–Trinajstić information content (AvgIpc) is 3.10. The number of ether oxygens (including phenoxy) is 2. The Morgan fingerprint density at radius 2 is 1.14 bits per heavy atom. The highest BCUT2D eigenvalue weighted by molar-refractivity contribution is 7.80. The third-order valence-electron chi connectivity index (χ3n) is 5.00. The molecule has 6 heteroatoms. The molecule has 0 aromatic rings. The molecule has 0 bridgehead atoms. The lowest BCUT2D eigenvalue weighted by Crippen LogP contribution is -2.43. The molecule has 0 amide bonds. The standard InChI is InChI=1S/C15H24N2O2S2/c1-15(2)11(13(20)16-3-7-18-8-4-16)12(15)14(21)17-5-9-19-10-6-17/h11-12H,3-10H2,1-2H3/t11-,12-/m0/s1. The summed E-state index contributed by atoms with van der Waals surface area (Å²) in [5, 5.41) is 0. The molecular formula is C15H24N2O2S2. The van der Waals surface area contributed by atoms with Gasteiger partial charge in [-0.1, -0.05) is 38.3 Å². The van der Waals surface area contributed by atoms with Gasteiger partial charge in [0.05, 0.1) is 36.4 Å². The number of morpholine rings is 2. The van der Waals surface area contributed by atoms with E-state index in [9.17, 15) is 0 Å². The van der Waals surface area contributed by atoms with Crippen LogP contribution in [0.15, 0.2) is 0 Å². The van der Waals surface area contributed by atoms with Crippen LogP contribution in [0.4, 0.5) is 0 Å². The Balaban J connectivity index is 1.65. The van der Waals surface area contributed by atoms with Crippen LogP contribution in [-0.2, 0) is 9.47 Å². The molecule has 0 unspecified atom stereocenters. The van der Waals surface area contributed by atoms with Crippen molar-refractivity contribution in [3.63, 3.8) is 0 Å². The highest BCUT2D eigenvalue weighted by Crippen LogP contribution is 2.60. The molecule has 118 valence electrons. The maximum absolute atomic E-state index is 5.77.